The summed E-state index contributed by atoms with van der Waals surface area (Å²) < 4.78 is 27.0. The summed E-state index contributed by atoms with van der Waals surface area (Å²) in [6.45, 7) is 5.89. The molecule has 0 amide bonds. The standard InChI is InChI=1S/C13H19F2N/c1-4-13(16,9(2)3)8-10-11(14)6-5-7-12(10)15/h5-7,9H,4,8,16H2,1-3H3. The molecule has 0 aliphatic rings. The molecule has 1 unspecified atom stereocenters. The van der Waals surface area contributed by atoms with Crippen molar-refractivity contribution < 1.29 is 8.78 Å². The van der Waals surface area contributed by atoms with Gasteiger partial charge in [-0.3, -0.25) is 0 Å². The van der Waals surface area contributed by atoms with Gasteiger partial charge >= 0.3 is 0 Å². The van der Waals surface area contributed by atoms with E-state index < -0.39 is 17.2 Å². The molecule has 0 heterocycles. The number of halogens is 2. The van der Waals surface area contributed by atoms with Gasteiger partial charge in [0.2, 0.25) is 0 Å². The Kier molecular flexibility index (Phi) is 4.03. The Labute approximate surface area is 95.7 Å². The van der Waals surface area contributed by atoms with E-state index in [1.54, 1.807) is 0 Å². The molecular formula is C13H19F2N. The molecule has 0 aromatic heterocycles. The fourth-order valence-electron chi connectivity index (χ4n) is 1.77. The highest BCUT2D eigenvalue weighted by molar-refractivity contribution is 5.22. The smallest absolute Gasteiger partial charge is 0.129 e. The minimum absolute atomic E-state index is 0.0977. The zero-order chi connectivity index (χ0) is 12.3. The van der Waals surface area contributed by atoms with Crippen molar-refractivity contribution in [2.24, 2.45) is 11.7 Å². The van der Waals surface area contributed by atoms with Crippen molar-refractivity contribution in [1.82, 2.24) is 0 Å². The number of hydrogen-bond donors (Lipinski definition) is 1. The molecule has 0 fully saturated rings. The third-order valence-corrected chi connectivity index (χ3v) is 3.38. The van der Waals surface area contributed by atoms with Gasteiger partial charge in [-0.15, -0.1) is 0 Å². The summed E-state index contributed by atoms with van der Waals surface area (Å²) in [4.78, 5) is 0. The topological polar surface area (TPSA) is 26.0 Å². The van der Waals surface area contributed by atoms with Gasteiger partial charge in [-0.25, -0.2) is 8.78 Å². The Balaban J connectivity index is 3.03. The first-order chi connectivity index (χ1) is 7.40. The maximum Gasteiger partial charge on any atom is 0.129 e. The predicted octanol–water partition coefficient (Wildman–Crippen LogP) is 3.27. The molecule has 0 radical (unpaired) electrons. The maximum atomic E-state index is 13.5. The number of benzene rings is 1. The zero-order valence-corrected chi connectivity index (χ0v) is 10.1. The molecule has 0 saturated heterocycles. The summed E-state index contributed by atoms with van der Waals surface area (Å²) in [5.41, 5.74) is 5.72. The second kappa shape index (κ2) is 4.91. The zero-order valence-electron chi connectivity index (χ0n) is 10.1. The molecule has 0 spiro atoms. The summed E-state index contributed by atoms with van der Waals surface area (Å²) in [6, 6.07) is 3.91. The first kappa shape index (κ1) is 13.1. The van der Waals surface area contributed by atoms with Gasteiger partial charge in [0.25, 0.3) is 0 Å². The van der Waals surface area contributed by atoms with E-state index in [9.17, 15) is 8.78 Å². The van der Waals surface area contributed by atoms with Gasteiger partial charge in [0.1, 0.15) is 11.6 Å². The molecule has 0 aliphatic heterocycles. The predicted molar refractivity (Wildman–Crippen MR) is 62.1 cm³/mol. The molecule has 1 aromatic rings. The van der Waals surface area contributed by atoms with Crippen LogP contribution in [0.3, 0.4) is 0 Å². The number of hydrogen-bond acceptors (Lipinski definition) is 1. The highest BCUT2D eigenvalue weighted by atomic mass is 19.1. The van der Waals surface area contributed by atoms with E-state index >= 15 is 0 Å². The van der Waals surface area contributed by atoms with Crippen LogP contribution in [0.2, 0.25) is 0 Å². The monoisotopic (exact) mass is 227 g/mol. The quantitative estimate of drug-likeness (QED) is 0.839. The van der Waals surface area contributed by atoms with Crippen molar-refractivity contribution in [2.45, 2.75) is 39.2 Å². The largest absolute Gasteiger partial charge is 0.325 e. The average molecular weight is 227 g/mol. The summed E-state index contributed by atoms with van der Waals surface area (Å²) in [7, 11) is 0. The van der Waals surface area contributed by atoms with Gasteiger partial charge in [0, 0.05) is 11.1 Å². The van der Waals surface area contributed by atoms with Crippen LogP contribution in [0.25, 0.3) is 0 Å². The van der Waals surface area contributed by atoms with Gasteiger partial charge in [0.15, 0.2) is 0 Å². The first-order valence-corrected chi connectivity index (χ1v) is 5.62. The Bertz CT molecular complexity index is 343. The van der Waals surface area contributed by atoms with Crippen molar-refractivity contribution in [3.05, 3.63) is 35.4 Å². The number of nitrogens with two attached hydrogens (primary N) is 1. The highest BCUT2D eigenvalue weighted by Gasteiger charge is 2.29. The van der Waals surface area contributed by atoms with E-state index in [0.29, 0.717) is 6.42 Å². The summed E-state index contributed by atoms with van der Waals surface area (Å²) in [5, 5.41) is 0. The molecule has 1 nitrogen and oxygen atoms in total. The van der Waals surface area contributed by atoms with Crippen LogP contribution in [0.15, 0.2) is 18.2 Å². The molecule has 1 atom stereocenters. The minimum atomic E-state index is -0.553. The van der Waals surface area contributed by atoms with Gasteiger partial charge in [0.05, 0.1) is 0 Å². The molecule has 16 heavy (non-hydrogen) atoms. The van der Waals surface area contributed by atoms with Crippen molar-refractivity contribution in [3.63, 3.8) is 0 Å². The third kappa shape index (κ3) is 2.59. The Hall–Kier alpha value is -0.960. The minimum Gasteiger partial charge on any atom is -0.325 e. The van der Waals surface area contributed by atoms with Crippen LogP contribution >= 0.6 is 0 Å². The molecule has 90 valence electrons. The summed E-state index contributed by atoms with van der Waals surface area (Å²) in [5.74, 6) is -0.843. The Morgan fingerprint density at radius 2 is 1.75 bits per heavy atom. The van der Waals surface area contributed by atoms with Gasteiger partial charge in [-0.05, 0) is 30.9 Å². The van der Waals surface area contributed by atoms with E-state index in [1.165, 1.54) is 18.2 Å². The highest BCUT2D eigenvalue weighted by Crippen LogP contribution is 2.25. The molecule has 0 saturated carbocycles. The van der Waals surface area contributed by atoms with Crippen LogP contribution in [0.5, 0.6) is 0 Å². The fraction of sp³-hybridized carbons (Fsp3) is 0.538. The molecule has 2 N–H and O–H groups in total. The average Bonchev–Trinajstić information content (AvgIpc) is 2.23. The van der Waals surface area contributed by atoms with Gasteiger partial charge in [-0.2, -0.15) is 0 Å². The lowest BCUT2D eigenvalue weighted by atomic mass is 9.79. The Morgan fingerprint density at radius 1 is 1.25 bits per heavy atom. The van der Waals surface area contributed by atoms with Gasteiger partial charge in [-0.1, -0.05) is 26.8 Å². The van der Waals surface area contributed by atoms with Crippen LogP contribution in [-0.2, 0) is 6.42 Å². The summed E-state index contributed by atoms with van der Waals surface area (Å²) in [6.07, 6.45) is 0.929. The second-order valence-electron chi connectivity index (χ2n) is 4.62. The van der Waals surface area contributed by atoms with E-state index in [0.717, 1.165) is 0 Å². The lowest BCUT2D eigenvalue weighted by Crippen LogP contribution is -2.46. The molecule has 3 heteroatoms. The third-order valence-electron chi connectivity index (χ3n) is 3.38. The molecule has 1 rings (SSSR count). The van der Waals surface area contributed by atoms with Crippen LogP contribution in [0.4, 0.5) is 8.78 Å². The first-order valence-electron chi connectivity index (χ1n) is 5.62. The van der Waals surface area contributed by atoms with Crippen molar-refractivity contribution in [1.29, 1.82) is 0 Å². The van der Waals surface area contributed by atoms with Crippen LogP contribution in [0, 0.1) is 17.6 Å². The Morgan fingerprint density at radius 3 is 2.12 bits per heavy atom. The molecule has 0 bridgehead atoms. The number of rotatable bonds is 4. The summed E-state index contributed by atoms with van der Waals surface area (Å²) >= 11 is 0. The SMILES string of the molecule is CCC(N)(Cc1c(F)cccc1F)C(C)C. The normalized spacial score (nSPS) is 15.2. The van der Waals surface area contributed by atoms with Crippen molar-refractivity contribution in [2.75, 3.05) is 0 Å². The molecule has 0 aliphatic carbocycles. The second-order valence-corrected chi connectivity index (χ2v) is 4.62. The van der Waals surface area contributed by atoms with E-state index in [2.05, 4.69) is 0 Å². The van der Waals surface area contributed by atoms with Gasteiger partial charge < -0.3 is 5.73 Å². The van der Waals surface area contributed by atoms with E-state index in [-0.39, 0.29) is 17.9 Å². The van der Waals surface area contributed by atoms with Crippen LogP contribution in [-0.4, -0.2) is 5.54 Å². The fourth-order valence-corrected chi connectivity index (χ4v) is 1.77. The van der Waals surface area contributed by atoms with Crippen molar-refractivity contribution in [3.8, 4) is 0 Å². The van der Waals surface area contributed by atoms with Crippen LogP contribution in [0.1, 0.15) is 32.8 Å². The lowest BCUT2D eigenvalue weighted by Gasteiger charge is -2.33. The maximum absolute atomic E-state index is 13.5. The van der Waals surface area contributed by atoms with Crippen molar-refractivity contribution >= 4 is 0 Å². The van der Waals surface area contributed by atoms with Crippen LogP contribution < -0.4 is 5.73 Å². The lowest BCUT2D eigenvalue weighted by molar-refractivity contribution is 0.289. The van der Waals surface area contributed by atoms with E-state index in [1.807, 2.05) is 20.8 Å². The van der Waals surface area contributed by atoms with E-state index in [4.69, 9.17) is 5.73 Å². The molecule has 1 aromatic carbocycles. The molecular weight excluding hydrogens is 208 g/mol.